The van der Waals surface area contributed by atoms with Crippen molar-refractivity contribution in [3.63, 3.8) is 0 Å². The molecule has 0 amide bonds. The van der Waals surface area contributed by atoms with Crippen LogP contribution in [0, 0.1) is 11.3 Å². The van der Waals surface area contributed by atoms with Crippen molar-refractivity contribution >= 4 is 12.6 Å². The number of thiol groups is 1. The lowest BCUT2D eigenvalue weighted by atomic mass is 10.0. The standard InChI is InChI=1S/C11H9NO2S/c12-5-8-6-1-3-14-10(6)11(15)7-2-4-13-9(7)8/h15H,1-4H2. The number of rotatable bonds is 0. The average Bonchev–Trinajstić information content (AvgIpc) is 2.85. The Morgan fingerprint density at radius 3 is 2.47 bits per heavy atom. The van der Waals surface area contributed by atoms with Crippen molar-refractivity contribution in [2.75, 3.05) is 13.2 Å². The van der Waals surface area contributed by atoms with Gasteiger partial charge in [0.2, 0.25) is 0 Å². The van der Waals surface area contributed by atoms with Crippen molar-refractivity contribution in [1.82, 2.24) is 0 Å². The summed E-state index contributed by atoms with van der Waals surface area (Å²) in [5.74, 6) is 1.52. The fourth-order valence-electron chi connectivity index (χ4n) is 2.20. The largest absolute Gasteiger partial charge is 0.492 e. The molecule has 2 heterocycles. The van der Waals surface area contributed by atoms with Crippen LogP contribution in [-0.2, 0) is 12.8 Å². The molecule has 4 heteroatoms. The summed E-state index contributed by atoms with van der Waals surface area (Å²) in [7, 11) is 0. The first-order valence-corrected chi connectivity index (χ1v) is 5.34. The van der Waals surface area contributed by atoms with Gasteiger partial charge in [0, 0.05) is 24.0 Å². The van der Waals surface area contributed by atoms with Gasteiger partial charge in [-0.3, -0.25) is 0 Å². The zero-order chi connectivity index (χ0) is 10.4. The first-order valence-electron chi connectivity index (χ1n) is 4.89. The minimum absolute atomic E-state index is 0.639. The Morgan fingerprint density at radius 1 is 1.07 bits per heavy atom. The van der Waals surface area contributed by atoms with E-state index in [1.165, 1.54) is 0 Å². The van der Waals surface area contributed by atoms with Crippen molar-refractivity contribution in [3.05, 3.63) is 16.7 Å². The Bertz CT molecular complexity index is 455. The Labute approximate surface area is 93.0 Å². The molecule has 76 valence electrons. The third-order valence-corrected chi connectivity index (χ3v) is 3.36. The molecule has 0 bridgehead atoms. The first-order chi connectivity index (χ1) is 7.33. The minimum Gasteiger partial charge on any atom is -0.492 e. The SMILES string of the molecule is N#Cc1c2c(c(S)c3c1OCC3)OCC2. The third kappa shape index (κ3) is 1.07. The van der Waals surface area contributed by atoms with Crippen LogP contribution < -0.4 is 9.47 Å². The fraction of sp³-hybridized carbons (Fsp3) is 0.364. The molecule has 15 heavy (non-hydrogen) atoms. The summed E-state index contributed by atoms with van der Waals surface area (Å²) in [5, 5.41) is 9.15. The van der Waals surface area contributed by atoms with E-state index in [9.17, 15) is 0 Å². The Hall–Kier alpha value is -1.34. The quantitative estimate of drug-likeness (QED) is 0.675. The second-order valence-electron chi connectivity index (χ2n) is 3.65. The second kappa shape index (κ2) is 3.07. The molecule has 2 aliphatic rings. The highest BCUT2D eigenvalue weighted by molar-refractivity contribution is 7.80. The number of hydrogen-bond donors (Lipinski definition) is 1. The van der Waals surface area contributed by atoms with Crippen molar-refractivity contribution in [1.29, 1.82) is 5.26 Å². The number of benzene rings is 1. The van der Waals surface area contributed by atoms with Gasteiger partial charge in [0.05, 0.1) is 18.1 Å². The number of hydrogen-bond acceptors (Lipinski definition) is 4. The van der Waals surface area contributed by atoms with Crippen molar-refractivity contribution in [2.45, 2.75) is 17.7 Å². The zero-order valence-electron chi connectivity index (χ0n) is 8.04. The summed E-state index contributed by atoms with van der Waals surface area (Å²) in [5.41, 5.74) is 2.63. The lowest BCUT2D eigenvalue weighted by Gasteiger charge is -2.10. The lowest BCUT2D eigenvalue weighted by molar-refractivity contribution is 0.349. The molecule has 0 saturated carbocycles. The van der Waals surface area contributed by atoms with Gasteiger partial charge in [-0.25, -0.2) is 0 Å². The van der Waals surface area contributed by atoms with Crippen LogP contribution in [0.2, 0.25) is 0 Å². The molecule has 0 aliphatic carbocycles. The van der Waals surface area contributed by atoms with Crippen molar-refractivity contribution in [3.8, 4) is 17.6 Å². The van der Waals surface area contributed by atoms with Gasteiger partial charge in [-0.05, 0) is 0 Å². The normalized spacial score (nSPS) is 16.3. The molecule has 0 radical (unpaired) electrons. The van der Waals surface area contributed by atoms with E-state index in [4.69, 9.17) is 14.7 Å². The van der Waals surface area contributed by atoms with Gasteiger partial charge in [0.25, 0.3) is 0 Å². The van der Waals surface area contributed by atoms with Crippen LogP contribution in [0.5, 0.6) is 11.5 Å². The molecule has 0 fully saturated rings. The molecule has 0 aromatic heterocycles. The summed E-state index contributed by atoms with van der Waals surface area (Å²) >= 11 is 4.46. The smallest absolute Gasteiger partial charge is 0.142 e. The van der Waals surface area contributed by atoms with Gasteiger partial charge in [0.1, 0.15) is 23.1 Å². The Balaban J connectivity index is 2.37. The van der Waals surface area contributed by atoms with Gasteiger partial charge >= 0.3 is 0 Å². The van der Waals surface area contributed by atoms with E-state index in [2.05, 4.69) is 18.7 Å². The molecular weight excluding hydrogens is 210 g/mol. The number of nitriles is 1. The monoisotopic (exact) mass is 219 g/mol. The maximum Gasteiger partial charge on any atom is 0.142 e. The van der Waals surface area contributed by atoms with E-state index < -0.39 is 0 Å². The lowest BCUT2D eigenvalue weighted by Crippen LogP contribution is -1.93. The molecule has 0 atom stereocenters. The van der Waals surface area contributed by atoms with Crippen LogP contribution in [0.1, 0.15) is 16.7 Å². The van der Waals surface area contributed by atoms with E-state index in [1.54, 1.807) is 0 Å². The number of ether oxygens (including phenoxy) is 2. The van der Waals surface area contributed by atoms with Crippen molar-refractivity contribution < 1.29 is 9.47 Å². The number of nitrogens with zero attached hydrogens (tertiary/aromatic N) is 1. The van der Waals surface area contributed by atoms with E-state index in [0.717, 1.165) is 40.4 Å². The van der Waals surface area contributed by atoms with E-state index >= 15 is 0 Å². The van der Waals surface area contributed by atoms with Crippen LogP contribution in [0.3, 0.4) is 0 Å². The predicted molar refractivity (Wildman–Crippen MR) is 56.8 cm³/mol. The van der Waals surface area contributed by atoms with Crippen LogP contribution >= 0.6 is 12.6 Å². The van der Waals surface area contributed by atoms with E-state index in [-0.39, 0.29) is 0 Å². The summed E-state index contributed by atoms with van der Waals surface area (Å²) in [6.07, 6.45) is 1.60. The van der Waals surface area contributed by atoms with Crippen LogP contribution in [0.4, 0.5) is 0 Å². The van der Waals surface area contributed by atoms with E-state index in [1.807, 2.05) is 0 Å². The minimum atomic E-state index is 0.639. The van der Waals surface area contributed by atoms with E-state index in [0.29, 0.717) is 18.8 Å². The molecule has 0 saturated heterocycles. The summed E-state index contributed by atoms with van der Waals surface area (Å²) in [6, 6.07) is 2.22. The topological polar surface area (TPSA) is 42.2 Å². The van der Waals surface area contributed by atoms with Crippen molar-refractivity contribution in [2.24, 2.45) is 0 Å². The van der Waals surface area contributed by atoms with Crippen LogP contribution in [-0.4, -0.2) is 13.2 Å². The predicted octanol–water partition coefficient (Wildman–Crippen LogP) is 1.72. The highest BCUT2D eigenvalue weighted by atomic mass is 32.1. The molecule has 1 aromatic carbocycles. The molecule has 3 rings (SSSR count). The maximum absolute atomic E-state index is 9.15. The Kier molecular flexibility index (Phi) is 1.83. The molecule has 0 N–H and O–H groups in total. The molecule has 0 unspecified atom stereocenters. The molecular formula is C11H9NO2S. The third-order valence-electron chi connectivity index (χ3n) is 2.89. The Morgan fingerprint density at radius 2 is 1.73 bits per heavy atom. The summed E-state index contributed by atoms with van der Waals surface area (Å²) in [4.78, 5) is 0.856. The summed E-state index contributed by atoms with van der Waals surface area (Å²) in [6.45, 7) is 1.28. The average molecular weight is 219 g/mol. The highest BCUT2D eigenvalue weighted by Crippen LogP contribution is 2.45. The highest BCUT2D eigenvalue weighted by Gasteiger charge is 2.29. The molecule has 1 aromatic rings. The van der Waals surface area contributed by atoms with Gasteiger partial charge < -0.3 is 9.47 Å². The van der Waals surface area contributed by atoms with Gasteiger partial charge in [-0.1, -0.05) is 0 Å². The zero-order valence-corrected chi connectivity index (χ0v) is 8.93. The molecule has 0 spiro atoms. The molecule has 3 nitrogen and oxygen atoms in total. The summed E-state index contributed by atoms with van der Waals surface area (Å²) < 4.78 is 11.0. The maximum atomic E-state index is 9.15. The van der Waals surface area contributed by atoms with Crippen LogP contribution in [0.25, 0.3) is 0 Å². The first kappa shape index (κ1) is 8.93. The molecule has 2 aliphatic heterocycles. The number of fused-ring (bicyclic) bond motifs is 2. The fourth-order valence-corrected chi connectivity index (χ4v) is 2.62. The van der Waals surface area contributed by atoms with Gasteiger partial charge in [0.15, 0.2) is 0 Å². The van der Waals surface area contributed by atoms with Crippen LogP contribution in [0.15, 0.2) is 4.90 Å². The van der Waals surface area contributed by atoms with Gasteiger partial charge in [-0.15, -0.1) is 12.6 Å². The van der Waals surface area contributed by atoms with Gasteiger partial charge in [-0.2, -0.15) is 5.26 Å². The second-order valence-corrected chi connectivity index (χ2v) is 4.09.